The van der Waals surface area contributed by atoms with Crippen molar-refractivity contribution in [1.29, 1.82) is 0 Å². The first kappa shape index (κ1) is 15.3. The van der Waals surface area contributed by atoms with Crippen molar-refractivity contribution < 1.29 is 14.7 Å². The Kier molecular flexibility index (Phi) is 4.80. The molecule has 1 heterocycles. The van der Waals surface area contributed by atoms with Gasteiger partial charge in [0.1, 0.15) is 0 Å². The number of anilines is 1. The van der Waals surface area contributed by atoms with Crippen molar-refractivity contribution in [2.45, 2.75) is 31.9 Å². The number of likely N-dealkylation sites (N-methyl/N-ethyl adjacent to an activating group) is 1. The fourth-order valence-electron chi connectivity index (χ4n) is 2.33. The number of piperidine rings is 1. The molecule has 3 amide bonds. The molecule has 0 aromatic heterocycles. The van der Waals surface area contributed by atoms with Crippen molar-refractivity contribution in [1.82, 2.24) is 10.2 Å². The molecule has 1 aromatic carbocycles. The maximum Gasteiger partial charge on any atom is 0.319 e. The molecule has 21 heavy (non-hydrogen) atoms. The standard InChI is InChI=1S/C15H21N3O3/c1-10(19)11-3-5-12(6-4-11)16-15(21)17-13-7-8-14(20)18(2)9-13/h3-6,10,13,19H,7-9H2,1-2H3,(H2,16,17,21). The second-order valence-corrected chi connectivity index (χ2v) is 5.41. The van der Waals surface area contributed by atoms with Crippen molar-refractivity contribution in [3.8, 4) is 0 Å². The fourth-order valence-corrected chi connectivity index (χ4v) is 2.33. The summed E-state index contributed by atoms with van der Waals surface area (Å²) >= 11 is 0. The summed E-state index contributed by atoms with van der Waals surface area (Å²) in [5.41, 5.74) is 1.46. The molecule has 0 bridgehead atoms. The molecule has 1 fully saturated rings. The highest BCUT2D eigenvalue weighted by Crippen LogP contribution is 2.16. The maximum absolute atomic E-state index is 11.9. The zero-order valence-electron chi connectivity index (χ0n) is 12.3. The highest BCUT2D eigenvalue weighted by Gasteiger charge is 2.23. The average molecular weight is 291 g/mol. The number of benzene rings is 1. The van der Waals surface area contributed by atoms with Crippen molar-refractivity contribution in [2.75, 3.05) is 18.9 Å². The minimum atomic E-state index is -0.525. The van der Waals surface area contributed by atoms with E-state index in [1.54, 1.807) is 43.1 Å². The van der Waals surface area contributed by atoms with E-state index in [0.29, 0.717) is 25.1 Å². The van der Waals surface area contributed by atoms with E-state index in [9.17, 15) is 14.7 Å². The molecule has 1 aromatic rings. The Labute approximate surface area is 124 Å². The van der Waals surface area contributed by atoms with Crippen LogP contribution in [0.3, 0.4) is 0 Å². The molecule has 6 nitrogen and oxygen atoms in total. The number of aliphatic hydroxyl groups excluding tert-OH is 1. The summed E-state index contributed by atoms with van der Waals surface area (Å²) in [7, 11) is 1.74. The molecule has 2 atom stereocenters. The predicted molar refractivity (Wildman–Crippen MR) is 79.9 cm³/mol. The third-order valence-electron chi connectivity index (χ3n) is 3.61. The summed E-state index contributed by atoms with van der Waals surface area (Å²) in [6.07, 6.45) is 0.602. The van der Waals surface area contributed by atoms with Crippen LogP contribution in [-0.4, -0.2) is 41.6 Å². The number of carbonyl (C=O) groups excluding carboxylic acids is 2. The molecular formula is C15H21N3O3. The predicted octanol–water partition coefficient (Wildman–Crippen LogP) is 1.48. The normalized spacial score (nSPS) is 20.0. The number of amides is 3. The van der Waals surface area contributed by atoms with Crippen molar-refractivity contribution in [3.05, 3.63) is 29.8 Å². The molecule has 114 valence electrons. The minimum absolute atomic E-state index is 0.0237. The van der Waals surface area contributed by atoms with Gasteiger partial charge in [-0.25, -0.2) is 4.79 Å². The number of aliphatic hydroxyl groups is 1. The second kappa shape index (κ2) is 6.58. The largest absolute Gasteiger partial charge is 0.389 e. The van der Waals surface area contributed by atoms with Crippen LogP contribution < -0.4 is 10.6 Å². The molecule has 0 radical (unpaired) electrons. The molecule has 0 spiro atoms. The van der Waals surface area contributed by atoms with Crippen molar-refractivity contribution in [2.24, 2.45) is 0 Å². The van der Waals surface area contributed by atoms with Gasteiger partial charge in [-0.1, -0.05) is 12.1 Å². The number of nitrogens with one attached hydrogen (secondary N) is 2. The van der Waals surface area contributed by atoms with E-state index in [2.05, 4.69) is 10.6 Å². The van der Waals surface area contributed by atoms with Gasteiger partial charge in [0.25, 0.3) is 0 Å². The van der Waals surface area contributed by atoms with E-state index < -0.39 is 6.10 Å². The lowest BCUT2D eigenvalue weighted by atomic mass is 10.1. The zero-order valence-corrected chi connectivity index (χ0v) is 12.3. The van der Waals surface area contributed by atoms with Gasteiger partial charge in [0.05, 0.1) is 6.10 Å². The second-order valence-electron chi connectivity index (χ2n) is 5.41. The van der Waals surface area contributed by atoms with E-state index in [1.165, 1.54) is 0 Å². The van der Waals surface area contributed by atoms with Gasteiger partial charge in [-0.2, -0.15) is 0 Å². The zero-order chi connectivity index (χ0) is 15.4. The van der Waals surface area contributed by atoms with Crippen molar-refractivity contribution in [3.63, 3.8) is 0 Å². The molecule has 3 N–H and O–H groups in total. The molecule has 1 aliphatic rings. The van der Waals surface area contributed by atoms with E-state index in [1.807, 2.05) is 0 Å². The Bertz CT molecular complexity index is 513. The molecule has 0 saturated carbocycles. The number of carbonyl (C=O) groups is 2. The van der Waals surface area contributed by atoms with Gasteiger partial charge in [-0.15, -0.1) is 0 Å². The lowest BCUT2D eigenvalue weighted by Crippen LogP contribution is -2.49. The highest BCUT2D eigenvalue weighted by molar-refractivity contribution is 5.89. The SMILES string of the molecule is CC(O)c1ccc(NC(=O)NC2CCC(=O)N(C)C2)cc1. The van der Waals surface area contributed by atoms with Crippen LogP contribution in [-0.2, 0) is 4.79 Å². The topological polar surface area (TPSA) is 81.7 Å². The summed E-state index contributed by atoms with van der Waals surface area (Å²) in [5, 5.41) is 15.0. The van der Waals surface area contributed by atoms with Crippen LogP contribution in [0.15, 0.2) is 24.3 Å². The molecule has 2 rings (SSSR count). The van der Waals surface area contributed by atoms with Crippen LogP contribution in [0, 0.1) is 0 Å². The monoisotopic (exact) mass is 291 g/mol. The molecule has 2 unspecified atom stereocenters. The van der Waals surface area contributed by atoms with E-state index >= 15 is 0 Å². The molecule has 1 aliphatic heterocycles. The van der Waals surface area contributed by atoms with Gasteiger partial charge < -0.3 is 20.6 Å². The van der Waals surface area contributed by atoms with Gasteiger partial charge in [0.2, 0.25) is 5.91 Å². The Hall–Kier alpha value is -2.08. The number of likely N-dealkylation sites (tertiary alicyclic amines) is 1. The van der Waals surface area contributed by atoms with Gasteiger partial charge in [0.15, 0.2) is 0 Å². The lowest BCUT2D eigenvalue weighted by molar-refractivity contribution is -0.132. The maximum atomic E-state index is 11.9. The summed E-state index contributed by atoms with van der Waals surface area (Å²) < 4.78 is 0. The first-order valence-electron chi connectivity index (χ1n) is 7.05. The Morgan fingerprint density at radius 2 is 2.05 bits per heavy atom. The number of rotatable bonds is 3. The number of urea groups is 1. The molecular weight excluding hydrogens is 270 g/mol. The smallest absolute Gasteiger partial charge is 0.319 e. The first-order valence-corrected chi connectivity index (χ1v) is 7.05. The van der Waals surface area contributed by atoms with Crippen LogP contribution in [0.5, 0.6) is 0 Å². The number of nitrogens with zero attached hydrogens (tertiary/aromatic N) is 1. The number of hydrogen-bond donors (Lipinski definition) is 3. The van der Waals surface area contributed by atoms with Crippen LogP contribution in [0.1, 0.15) is 31.4 Å². The van der Waals surface area contributed by atoms with E-state index in [-0.39, 0.29) is 18.0 Å². The molecule has 0 aliphatic carbocycles. The minimum Gasteiger partial charge on any atom is -0.389 e. The number of hydrogen-bond acceptors (Lipinski definition) is 3. The third kappa shape index (κ3) is 4.19. The fraction of sp³-hybridized carbons (Fsp3) is 0.467. The first-order chi connectivity index (χ1) is 9.95. The summed E-state index contributed by atoms with van der Waals surface area (Å²) in [6, 6.07) is 6.73. The Morgan fingerprint density at radius 1 is 1.38 bits per heavy atom. The van der Waals surface area contributed by atoms with Gasteiger partial charge in [-0.3, -0.25) is 4.79 Å². The lowest BCUT2D eigenvalue weighted by Gasteiger charge is -2.30. The van der Waals surface area contributed by atoms with Gasteiger partial charge in [-0.05, 0) is 31.0 Å². The van der Waals surface area contributed by atoms with Crippen LogP contribution >= 0.6 is 0 Å². The summed E-state index contributed by atoms with van der Waals surface area (Å²) in [4.78, 5) is 24.9. The molecule has 1 saturated heterocycles. The Balaban J connectivity index is 1.85. The third-order valence-corrected chi connectivity index (χ3v) is 3.61. The van der Waals surface area contributed by atoms with E-state index in [4.69, 9.17) is 0 Å². The molecule has 6 heteroatoms. The quantitative estimate of drug-likeness (QED) is 0.789. The van der Waals surface area contributed by atoms with Gasteiger partial charge in [0, 0.05) is 31.7 Å². The highest BCUT2D eigenvalue weighted by atomic mass is 16.3. The van der Waals surface area contributed by atoms with Crippen LogP contribution in [0.4, 0.5) is 10.5 Å². The van der Waals surface area contributed by atoms with Gasteiger partial charge >= 0.3 is 6.03 Å². The van der Waals surface area contributed by atoms with Crippen LogP contribution in [0.25, 0.3) is 0 Å². The summed E-state index contributed by atoms with van der Waals surface area (Å²) in [6.45, 7) is 2.23. The van der Waals surface area contributed by atoms with Crippen molar-refractivity contribution >= 4 is 17.6 Å². The summed E-state index contributed by atoms with van der Waals surface area (Å²) in [5.74, 6) is 0.113. The van der Waals surface area contributed by atoms with Crippen LogP contribution in [0.2, 0.25) is 0 Å². The Morgan fingerprint density at radius 3 is 2.62 bits per heavy atom. The average Bonchev–Trinajstić information content (AvgIpc) is 2.43. The van der Waals surface area contributed by atoms with E-state index in [0.717, 1.165) is 5.56 Å².